The van der Waals surface area contributed by atoms with Crippen LogP contribution in [-0.4, -0.2) is 10.9 Å². The van der Waals surface area contributed by atoms with Crippen LogP contribution in [0.25, 0.3) is 0 Å². The fourth-order valence-electron chi connectivity index (χ4n) is 1.56. The van der Waals surface area contributed by atoms with Gasteiger partial charge in [0.05, 0.1) is 17.3 Å². The molecule has 4 nitrogen and oxygen atoms in total. The molecule has 2 rings (SSSR count). The minimum absolute atomic E-state index is 0.00166. The first-order valence-electron chi connectivity index (χ1n) is 5.67. The topological polar surface area (TPSA) is 68.0 Å². The van der Waals surface area contributed by atoms with Crippen molar-refractivity contribution in [3.05, 3.63) is 53.5 Å². The maximum Gasteiger partial charge on any atom is 0.416 e. The van der Waals surface area contributed by atoms with Crippen LogP contribution >= 0.6 is 0 Å². The van der Waals surface area contributed by atoms with Crippen molar-refractivity contribution in [3.63, 3.8) is 0 Å². The Labute approximate surface area is 116 Å². The predicted molar refractivity (Wildman–Crippen MR) is 68.0 cm³/mol. The van der Waals surface area contributed by atoms with Crippen LogP contribution in [0.1, 0.15) is 15.9 Å². The Balaban J connectivity index is 2.28. The van der Waals surface area contributed by atoms with Gasteiger partial charge in [-0.15, -0.1) is 0 Å². The molecule has 0 saturated heterocycles. The zero-order chi connectivity index (χ0) is 15.6. The number of aromatic nitrogens is 1. The number of amides is 1. The fraction of sp³-hybridized carbons (Fsp3) is 0.0769. The molecule has 0 atom stereocenters. The van der Waals surface area contributed by atoms with Crippen molar-refractivity contribution in [2.75, 3.05) is 11.1 Å². The zero-order valence-corrected chi connectivity index (χ0v) is 10.4. The summed E-state index contributed by atoms with van der Waals surface area (Å²) in [5.41, 5.74) is 4.07. The van der Waals surface area contributed by atoms with Gasteiger partial charge in [-0.2, -0.15) is 13.2 Å². The van der Waals surface area contributed by atoms with Crippen molar-refractivity contribution >= 4 is 17.4 Å². The molecule has 0 aliphatic rings. The van der Waals surface area contributed by atoms with Crippen LogP contribution in [-0.2, 0) is 6.18 Å². The number of benzene rings is 1. The Bertz CT molecular complexity index is 668. The molecular formula is C13H9F4N3O. The lowest BCUT2D eigenvalue weighted by molar-refractivity contribution is -0.137. The third-order valence-electron chi connectivity index (χ3n) is 2.59. The van der Waals surface area contributed by atoms with Crippen molar-refractivity contribution in [2.24, 2.45) is 0 Å². The van der Waals surface area contributed by atoms with Gasteiger partial charge in [-0.05, 0) is 30.3 Å². The summed E-state index contributed by atoms with van der Waals surface area (Å²) in [7, 11) is 0. The van der Waals surface area contributed by atoms with E-state index in [0.717, 1.165) is 24.4 Å². The molecule has 3 N–H and O–H groups in total. The molecule has 8 heteroatoms. The number of nitrogens with two attached hydrogens (primary N) is 1. The Hall–Kier alpha value is -2.64. The normalized spacial score (nSPS) is 11.2. The Morgan fingerprint density at radius 2 is 1.90 bits per heavy atom. The molecule has 0 bridgehead atoms. The molecular weight excluding hydrogens is 290 g/mol. The molecule has 0 aliphatic carbocycles. The third-order valence-corrected chi connectivity index (χ3v) is 2.59. The quantitative estimate of drug-likeness (QED) is 0.661. The number of nitrogens with one attached hydrogen (secondary N) is 1. The molecule has 0 aliphatic heterocycles. The highest BCUT2D eigenvalue weighted by Gasteiger charge is 2.31. The van der Waals surface area contributed by atoms with Crippen LogP contribution in [0, 0.1) is 5.82 Å². The average molecular weight is 299 g/mol. The van der Waals surface area contributed by atoms with Crippen LogP contribution in [0.4, 0.5) is 29.1 Å². The average Bonchev–Trinajstić information content (AvgIpc) is 2.40. The van der Waals surface area contributed by atoms with Gasteiger partial charge in [0.1, 0.15) is 11.6 Å². The van der Waals surface area contributed by atoms with E-state index in [9.17, 15) is 22.4 Å². The highest BCUT2D eigenvalue weighted by molar-refractivity contribution is 6.07. The van der Waals surface area contributed by atoms with E-state index in [1.807, 2.05) is 0 Å². The number of anilines is 2. The number of carbonyl (C=O) groups is 1. The number of nitrogens with zero attached hydrogens (tertiary/aromatic N) is 1. The maximum atomic E-state index is 12.7. The second-order valence-corrected chi connectivity index (χ2v) is 4.12. The summed E-state index contributed by atoms with van der Waals surface area (Å²) in [5, 5.41) is 2.24. The number of halogens is 4. The number of alkyl halides is 3. The Morgan fingerprint density at radius 3 is 2.48 bits per heavy atom. The van der Waals surface area contributed by atoms with Gasteiger partial charge in [-0.1, -0.05) is 0 Å². The number of hydrogen-bond acceptors (Lipinski definition) is 3. The molecule has 110 valence electrons. The van der Waals surface area contributed by atoms with Gasteiger partial charge in [-0.3, -0.25) is 4.79 Å². The van der Waals surface area contributed by atoms with Crippen LogP contribution in [0.2, 0.25) is 0 Å². The molecule has 1 aromatic carbocycles. The molecule has 1 amide bonds. The lowest BCUT2D eigenvalue weighted by Crippen LogP contribution is -2.16. The molecule has 0 spiro atoms. The lowest BCUT2D eigenvalue weighted by atomic mass is 10.1. The number of carbonyl (C=O) groups excluding carboxylic acids is 1. The highest BCUT2D eigenvalue weighted by Crippen LogP contribution is 2.31. The molecule has 0 unspecified atom stereocenters. The smallest absolute Gasteiger partial charge is 0.398 e. The lowest BCUT2D eigenvalue weighted by Gasteiger charge is -2.11. The summed E-state index contributed by atoms with van der Waals surface area (Å²) >= 11 is 0. The second kappa shape index (κ2) is 5.39. The predicted octanol–water partition coefficient (Wildman–Crippen LogP) is 3.07. The third kappa shape index (κ3) is 3.47. The summed E-state index contributed by atoms with van der Waals surface area (Å²) in [6.07, 6.45) is -3.72. The van der Waals surface area contributed by atoms with Crippen LogP contribution in [0.3, 0.4) is 0 Å². The fourth-order valence-corrected chi connectivity index (χ4v) is 1.56. The minimum Gasteiger partial charge on any atom is -0.398 e. The van der Waals surface area contributed by atoms with E-state index in [4.69, 9.17) is 5.73 Å². The summed E-state index contributed by atoms with van der Waals surface area (Å²) in [4.78, 5) is 15.5. The van der Waals surface area contributed by atoms with Gasteiger partial charge in [0.15, 0.2) is 0 Å². The minimum atomic E-state index is -4.59. The van der Waals surface area contributed by atoms with Gasteiger partial charge in [-0.25, -0.2) is 9.37 Å². The van der Waals surface area contributed by atoms with Gasteiger partial charge >= 0.3 is 6.18 Å². The summed E-state index contributed by atoms with van der Waals surface area (Å²) < 4.78 is 50.5. The molecule has 2 aromatic rings. The summed E-state index contributed by atoms with van der Waals surface area (Å²) in [6.45, 7) is 0. The number of pyridine rings is 1. The van der Waals surface area contributed by atoms with E-state index in [-0.39, 0.29) is 17.1 Å². The van der Waals surface area contributed by atoms with Gasteiger partial charge in [0.2, 0.25) is 0 Å². The Kier molecular flexibility index (Phi) is 3.79. The van der Waals surface area contributed by atoms with Crippen LogP contribution in [0.15, 0.2) is 36.5 Å². The summed E-state index contributed by atoms with van der Waals surface area (Å²) in [6, 6.07) is 4.65. The van der Waals surface area contributed by atoms with E-state index in [1.54, 1.807) is 0 Å². The first-order valence-corrected chi connectivity index (χ1v) is 5.67. The highest BCUT2D eigenvalue weighted by atomic mass is 19.4. The van der Waals surface area contributed by atoms with E-state index >= 15 is 0 Å². The van der Waals surface area contributed by atoms with Crippen LogP contribution < -0.4 is 11.1 Å². The molecule has 1 aromatic heterocycles. The Morgan fingerprint density at radius 1 is 1.19 bits per heavy atom. The SMILES string of the molecule is Nc1ccc(C(F)(F)F)cc1C(=O)Nc1ccc(F)cn1. The van der Waals surface area contributed by atoms with Crippen LogP contribution in [0.5, 0.6) is 0 Å². The number of nitrogen functional groups attached to an aromatic ring is 1. The van der Waals surface area contributed by atoms with E-state index in [1.165, 1.54) is 6.07 Å². The number of rotatable bonds is 2. The maximum absolute atomic E-state index is 12.7. The molecule has 0 fully saturated rings. The van der Waals surface area contributed by atoms with E-state index < -0.39 is 23.5 Å². The van der Waals surface area contributed by atoms with Crippen molar-refractivity contribution in [2.45, 2.75) is 6.18 Å². The van der Waals surface area contributed by atoms with Gasteiger partial charge in [0.25, 0.3) is 5.91 Å². The monoisotopic (exact) mass is 299 g/mol. The number of hydrogen-bond donors (Lipinski definition) is 2. The van der Waals surface area contributed by atoms with E-state index in [0.29, 0.717) is 6.07 Å². The van der Waals surface area contributed by atoms with Gasteiger partial charge < -0.3 is 11.1 Å². The summed E-state index contributed by atoms with van der Waals surface area (Å²) in [5.74, 6) is -1.47. The molecule has 0 radical (unpaired) electrons. The molecule has 21 heavy (non-hydrogen) atoms. The van der Waals surface area contributed by atoms with Crippen molar-refractivity contribution in [3.8, 4) is 0 Å². The van der Waals surface area contributed by atoms with E-state index in [2.05, 4.69) is 10.3 Å². The van der Waals surface area contributed by atoms with Crippen molar-refractivity contribution in [1.82, 2.24) is 4.98 Å². The van der Waals surface area contributed by atoms with Crippen molar-refractivity contribution in [1.29, 1.82) is 0 Å². The second-order valence-electron chi connectivity index (χ2n) is 4.12. The largest absolute Gasteiger partial charge is 0.416 e. The van der Waals surface area contributed by atoms with Crippen molar-refractivity contribution < 1.29 is 22.4 Å². The standard InChI is InChI=1S/C13H9F4N3O/c14-8-2-4-11(19-6-8)20-12(21)9-5-7(13(15,16)17)1-3-10(9)18/h1-6H,18H2,(H,19,20,21). The first-order chi connectivity index (χ1) is 9.77. The van der Waals surface area contributed by atoms with Gasteiger partial charge in [0, 0.05) is 5.69 Å². The molecule has 0 saturated carbocycles. The zero-order valence-electron chi connectivity index (χ0n) is 10.4. The molecule has 1 heterocycles. The first kappa shape index (κ1) is 14.8.